The van der Waals surface area contributed by atoms with Gasteiger partial charge in [0.05, 0.1) is 0 Å². The average molecular weight is 231 g/mol. The number of nitrogens with one attached hydrogen (secondary N) is 1. The van der Waals surface area contributed by atoms with Crippen molar-refractivity contribution in [3.05, 3.63) is 0 Å². The zero-order valence-corrected chi connectivity index (χ0v) is 9.93. The van der Waals surface area contributed by atoms with Gasteiger partial charge in [0.2, 0.25) is 5.91 Å². The Morgan fingerprint density at radius 3 is 2.53 bits per heavy atom. The molecule has 1 unspecified atom stereocenters. The molecule has 0 spiro atoms. The highest BCUT2D eigenvalue weighted by Gasteiger charge is 2.58. The van der Waals surface area contributed by atoms with E-state index >= 15 is 0 Å². The fourth-order valence-electron chi connectivity index (χ4n) is 3.24. The first-order chi connectivity index (χ1) is 6.79. The van der Waals surface area contributed by atoms with E-state index in [9.17, 15) is 4.79 Å². The second-order valence-electron chi connectivity index (χ2n) is 5.03. The van der Waals surface area contributed by atoms with Gasteiger partial charge in [-0.3, -0.25) is 4.79 Å². The van der Waals surface area contributed by atoms with Crippen molar-refractivity contribution in [1.29, 1.82) is 0 Å². The first kappa shape index (κ1) is 11.2. The molecule has 2 aliphatic heterocycles. The van der Waals surface area contributed by atoms with Crippen LogP contribution >= 0.6 is 12.4 Å². The van der Waals surface area contributed by atoms with Gasteiger partial charge >= 0.3 is 0 Å². The van der Waals surface area contributed by atoms with Gasteiger partial charge in [-0.15, -0.1) is 12.4 Å². The van der Waals surface area contributed by atoms with Gasteiger partial charge in [-0.2, -0.15) is 0 Å². The highest BCUT2D eigenvalue weighted by molar-refractivity contribution is 5.85. The average Bonchev–Trinajstić information content (AvgIpc) is 2.57. The molecule has 4 atom stereocenters. The highest BCUT2D eigenvalue weighted by Crippen LogP contribution is 2.50. The van der Waals surface area contributed by atoms with E-state index in [1.165, 1.54) is 12.8 Å². The second-order valence-corrected chi connectivity index (χ2v) is 5.03. The minimum Gasteiger partial charge on any atom is -0.340 e. The molecule has 2 saturated heterocycles. The van der Waals surface area contributed by atoms with Crippen molar-refractivity contribution in [3.63, 3.8) is 0 Å². The number of carbonyl (C=O) groups is 1. The zero-order valence-electron chi connectivity index (χ0n) is 9.11. The lowest BCUT2D eigenvalue weighted by Gasteiger charge is -2.22. The van der Waals surface area contributed by atoms with Crippen molar-refractivity contribution < 1.29 is 4.79 Å². The molecule has 0 aromatic carbocycles. The number of amides is 1. The van der Waals surface area contributed by atoms with Crippen LogP contribution in [0, 0.1) is 17.8 Å². The molecule has 3 fully saturated rings. The van der Waals surface area contributed by atoms with Crippen molar-refractivity contribution in [2.45, 2.75) is 25.8 Å². The molecular weight excluding hydrogens is 212 g/mol. The van der Waals surface area contributed by atoms with E-state index in [4.69, 9.17) is 0 Å². The molecule has 15 heavy (non-hydrogen) atoms. The quantitative estimate of drug-likeness (QED) is 0.726. The smallest absolute Gasteiger partial charge is 0.226 e. The van der Waals surface area contributed by atoms with Crippen LogP contribution in [0.1, 0.15) is 19.8 Å². The maximum absolute atomic E-state index is 12.1. The summed E-state index contributed by atoms with van der Waals surface area (Å²) in [5.41, 5.74) is 0. The monoisotopic (exact) mass is 230 g/mol. The van der Waals surface area contributed by atoms with Crippen LogP contribution in [0.25, 0.3) is 0 Å². The molecule has 3 aliphatic rings. The van der Waals surface area contributed by atoms with Gasteiger partial charge in [0, 0.05) is 18.5 Å². The normalized spacial score (nSPS) is 42.3. The first-order valence-electron chi connectivity index (χ1n) is 5.80. The van der Waals surface area contributed by atoms with Crippen molar-refractivity contribution in [1.82, 2.24) is 10.2 Å². The number of hydrogen-bond acceptors (Lipinski definition) is 2. The van der Waals surface area contributed by atoms with Crippen LogP contribution in [-0.4, -0.2) is 36.5 Å². The number of rotatable bonds is 1. The summed E-state index contributed by atoms with van der Waals surface area (Å²) in [6.45, 7) is 5.33. The Labute approximate surface area is 97.0 Å². The Balaban J connectivity index is 0.000000853. The predicted octanol–water partition coefficient (Wildman–Crippen LogP) is 0.884. The number of hydrogen-bond donors (Lipinski definition) is 1. The number of halogens is 1. The van der Waals surface area contributed by atoms with Gasteiger partial charge in [0.1, 0.15) is 0 Å². The van der Waals surface area contributed by atoms with Crippen molar-refractivity contribution in [2.24, 2.45) is 17.8 Å². The molecule has 1 N–H and O–H groups in total. The summed E-state index contributed by atoms with van der Waals surface area (Å²) in [6, 6.07) is 0.497. The molecule has 3 nitrogen and oxygen atoms in total. The van der Waals surface area contributed by atoms with Gasteiger partial charge in [-0.1, -0.05) is 0 Å². The minimum absolute atomic E-state index is 0. The Hall–Kier alpha value is -0.280. The third-order valence-corrected chi connectivity index (χ3v) is 4.21. The topological polar surface area (TPSA) is 32.3 Å². The molecule has 1 amide bonds. The SMILES string of the molecule is C[C@H]1CCCN1C(=O)C1[C@H]2CNC[C@@H]12.Cl. The van der Waals surface area contributed by atoms with Gasteiger partial charge in [-0.25, -0.2) is 0 Å². The highest BCUT2D eigenvalue weighted by atomic mass is 35.5. The van der Waals surface area contributed by atoms with E-state index in [2.05, 4.69) is 17.1 Å². The van der Waals surface area contributed by atoms with Crippen LogP contribution in [0.2, 0.25) is 0 Å². The Morgan fingerprint density at radius 1 is 1.33 bits per heavy atom. The summed E-state index contributed by atoms with van der Waals surface area (Å²) in [7, 11) is 0. The molecule has 4 heteroatoms. The van der Waals surface area contributed by atoms with Crippen LogP contribution in [0.5, 0.6) is 0 Å². The van der Waals surface area contributed by atoms with E-state index < -0.39 is 0 Å². The molecule has 0 aromatic rings. The van der Waals surface area contributed by atoms with Crippen LogP contribution in [-0.2, 0) is 4.79 Å². The van der Waals surface area contributed by atoms with Crippen LogP contribution in [0.4, 0.5) is 0 Å². The number of piperidine rings is 1. The van der Waals surface area contributed by atoms with Crippen LogP contribution < -0.4 is 5.32 Å². The molecule has 0 bridgehead atoms. The fourth-order valence-corrected chi connectivity index (χ4v) is 3.24. The molecule has 1 aliphatic carbocycles. The summed E-state index contributed by atoms with van der Waals surface area (Å²) in [5.74, 6) is 2.19. The largest absolute Gasteiger partial charge is 0.340 e. The summed E-state index contributed by atoms with van der Waals surface area (Å²) in [6.07, 6.45) is 2.40. The van der Waals surface area contributed by atoms with Crippen LogP contribution in [0.15, 0.2) is 0 Å². The van der Waals surface area contributed by atoms with Crippen molar-refractivity contribution >= 4 is 18.3 Å². The lowest BCUT2D eigenvalue weighted by Crippen LogP contribution is -2.37. The first-order valence-corrected chi connectivity index (χ1v) is 5.80. The van der Waals surface area contributed by atoms with Gasteiger partial charge < -0.3 is 10.2 Å². The fraction of sp³-hybridized carbons (Fsp3) is 0.909. The number of nitrogens with zero attached hydrogens (tertiary/aromatic N) is 1. The predicted molar refractivity (Wildman–Crippen MR) is 61.0 cm³/mol. The Kier molecular flexibility index (Phi) is 2.95. The van der Waals surface area contributed by atoms with E-state index in [1.54, 1.807) is 0 Å². The van der Waals surface area contributed by atoms with Crippen molar-refractivity contribution in [2.75, 3.05) is 19.6 Å². The van der Waals surface area contributed by atoms with Gasteiger partial charge in [0.15, 0.2) is 0 Å². The molecule has 2 heterocycles. The molecule has 3 rings (SSSR count). The van der Waals surface area contributed by atoms with Gasteiger partial charge in [0.25, 0.3) is 0 Å². The lowest BCUT2D eigenvalue weighted by molar-refractivity contribution is -0.133. The Morgan fingerprint density at radius 2 is 2.00 bits per heavy atom. The van der Waals surface area contributed by atoms with Crippen molar-refractivity contribution in [3.8, 4) is 0 Å². The molecular formula is C11H19ClN2O. The molecule has 0 radical (unpaired) electrons. The minimum atomic E-state index is 0. The van der Waals surface area contributed by atoms with E-state index in [0.29, 0.717) is 29.7 Å². The third kappa shape index (κ3) is 1.66. The third-order valence-electron chi connectivity index (χ3n) is 4.21. The van der Waals surface area contributed by atoms with E-state index in [-0.39, 0.29) is 12.4 Å². The Bertz CT molecular complexity index is 261. The maximum atomic E-state index is 12.1. The van der Waals surface area contributed by atoms with E-state index in [0.717, 1.165) is 19.6 Å². The zero-order chi connectivity index (χ0) is 9.71. The summed E-state index contributed by atoms with van der Waals surface area (Å²) >= 11 is 0. The summed E-state index contributed by atoms with van der Waals surface area (Å²) < 4.78 is 0. The second kappa shape index (κ2) is 3.95. The number of likely N-dealkylation sites (tertiary alicyclic amines) is 1. The molecule has 86 valence electrons. The lowest BCUT2D eigenvalue weighted by atomic mass is 10.2. The van der Waals surface area contributed by atoms with E-state index in [1.807, 2.05) is 0 Å². The van der Waals surface area contributed by atoms with Crippen LogP contribution in [0.3, 0.4) is 0 Å². The summed E-state index contributed by atoms with van der Waals surface area (Å²) in [5, 5.41) is 3.34. The number of fused-ring (bicyclic) bond motifs is 1. The van der Waals surface area contributed by atoms with Gasteiger partial charge in [-0.05, 0) is 44.7 Å². The number of carbonyl (C=O) groups excluding carboxylic acids is 1. The summed E-state index contributed by atoms with van der Waals surface area (Å²) in [4.78, 5) is 14.2. The maximum Gasteiger partial charge on any atom is 0.226 e. The molecule has 1 saturated carbocycles. The standard InChI is InChI=1S/C11H18N2O.ClH/c1-7-3-2-4-13(7)11(14)10-8-5-12-6-9(8)10;/h7-10,12H,2-6H2,1H3;1H/t7-,8-,9+,10?;/m0./s1. The molecule has 0 aromatic heterocycles.